The van der Waals surface area contributed by atoms with E-state index in [0.717, 1.165) is 40.0 Å². The van der Waals surface area contributed by atoms with Crippen molar-refractivity contribution in [1.82, 2.24) is 0 Å². The molecule has 3 nitrogen and oxygen atoms in total. The van der Waals surface area contributed by atoms with E-state index in [2.05, 4.69) is 5.32 Å². The van der Waals surface area contributed by atoms with Crippen molar-refractivity contribution in [1.29, 1.82) is 0 Å². The van der Waals surface area contributed by atoms with Crippen molar-refractivity contribution in [2.75, 3.05) is 5.32 Å². The first-order valence-corrected chi connectivity index (χ1v) is 9.19. The predicted octanol–water partition coefficient (Wildman–Crippen LogP) is 6.23. The van der Waals surface area contributed by atoms with Crippen LogP contribution < -0.4 is 5.32 Å². The molecule has 3 heteroatoms. The fraction of sp³-hybridized carbons (Fsp3) is 0.125. The molecule has 0 saturated carbocycles. The van der Waals surface area contributed by atoms with Crippen molar-refractivity contribution in [3.05, 3.63) is 90.5 Å². The quantitative estimate of drug-likeness (QED) is 0.461. The van der Waals surface area contributed by atoms with E-state index in [4.69, 9.17) is 4.42 Å². The van der Waals surface area contributed by atoms with Crippen LogP contribution in [-0.2, 0) is 4.79 Å². The summed E-state index contributed by atoms with van der Waals surface area (Å²) in [6.07, 6.45) is 0.757. The standard InChI is InChI=1S/C24H21NO2/c1-2-21(17-8-4-3-5-9-17)24(26)25-20-14-12-18(13-15-20)23-16-19-10-6-7-11-22(19)27-23/h3-16,21H,2H2,1H3,(H,25,26). The maximum Gasteiger partial charge on any atom is 0.231 e. The third-order valence-corrected chi connectivity index (χ3v) is 4.79. The van der Waals surface area contributed by atoms with Crippen LogP contribution in [0, 0.1) is 0 Å². The Morgan fingerprint density at radius 1 is 0.926 bits per heavy atom. The third kappa shape index (κ3) is 3.63. The summed E-state index contributed by atoms with van der Waals surface area (Å²) in [5.41, 5.74) is 3.68. The lowest BCUT2D eigenvalue weighted by atomic mass is 9.95. The molecule has 0 aliphatic rings. The van der Waals surface area contributed by atoms with Gasteiger partial charge in [0.25, 0.3) is 0 Å². The monoisotopic (exact) mass is 355 g/mol. The molecule has 1 aromatic heterocycles. The summed E-state index contributed by atoms with van der Waals surface area (Å²) in [6, 6.07) is 27.6. The number of nitrogens with one attached hydrogen (secondary N) is 1. The van der Waals surface area contributed by atoms with Gasteiger partial charge in [-0.2, -0.15) is 0 Å². The van der Waals surface area contributed by atoms with Crippen LogP contribution in [0.25, 0.3) is 22.3 Å². The molecule has 0 bridgehead atoms. The Morgan fingerprint density at radius 3 is 2.33 bits per heavy atom. The minimum absolute atomic E-state index is 0.0141. The lowest BCUT2D eigenvalue weighted by molar-refractivity contribution is -0.117. The van der Waals surface area contributed by atoms with Crippen molar-refractivity contribution in [3.8, 4) is 11.3 Å². The zero-order valence-electron chi connectivity index (χ0n) is 15.2. The highest BCUT2D eigenvalue weighted by atomic mass is 16.3. The minimum Gasteiger partial charge on any atom is -0.456 e. The highest BCUT2D eigenvalue weighted by Gasteiger charge is 2.18. The van der Waals surface area contributed by atoms with Crippen molar-refractivity contribution in [2.24, 2.45) is 0 Å². The number of furan rings is 1. The van der Waals surface area contributed by atoms with Crippen LogP contribution in [0.1, 0.15) is 24.8 Å². The van der Waals surface area contributed by atoms with Gasteiger partial charge in [-0.15, -0.1) is 0 Å². The van der Waals surface area contributed by atoms with E-state index >= 15 is 0 Å². The number of carbonyl (C=O) groups excluding carboxylic acids is 1. The van der Waals surface area contributed by atoms with Gasteiger partial charge >= 0.3 is 0 Å². The maximum absolute atomic E-state index is 12.7. The van der Waals surface area contributed by atoms with Gasteiger partial charge < -0.3 is 9.73 Å². The van der Waals surface area contributed by atoms with E-state index < -0.39 is 0 Å². The fourth-order valence-corrected chi connectivity index (χ4v) is 3.33. The summed E-state index contributed by atoms with van der Waals surface area (Å²) in [5.74, 6) is 0.686. The van der Waals surface area contributed by atoms with Gasteiger partial charge in [0.2, 0.25) is 5.91 Å². The van der Waals surface area contributed by atoms with E-state index in [1.54, 1.807) is 0 Å². The first-order valence-electron chi connectivity index (χ1n) is 9.19. The molecule has 0 fully saturated rings. The Balaban J connectivity index is 1.51. The number of benzene rings is 3. The third-order valence-electron chi connectivity index (χ3n) is 4.79. The molecule has 1 atom stereocenters. The molecular weight excluding hydrogens is 334 g/mol. The predicted molar refractivity (Wildman–Crippen MR) is 110 cm³/mol. The average Bonchev–Trinajstić information content (AvgIpc) is 3.14. The summed E-state index contributed by atoms with van der Waals surface area (Å²) < 4.78 is 5.90. The normalized spacial score (nSPS) is 12.0. The molecule has 0 spiro atoms. The van der Waals surface area contributed by atoms with Gasteiger partial charge in [-0.05, 0) is 48.4 Å². The van der Waals surface area contributed by atoms with E-state index in [0.29, 0.717) is 0 Å². The number of para-hydroxylation sites is 1. The van der Waals surface area contributed by atoms with Crippen LogP contribution >= 0.6 is 0 Å². The molecule has 4 rings (SSSR count). The van der Waals surface area contributed by atoms with Gasteiger partial charge in [-0.25, -0.2) is 0 Å². The second-order valence-electron chi connectivity index (χ2n) is 6.59. The van der Waals surface area contributed by atoms with Crippen LogP contribution in [-0.4, -0.2) is 5.91 Å². The van der Waals surface area contributed by atoms with Gasteiger partial charge in [-0.1, -0.05) is 55.5 Å². The van der Waals surface area contributed by atoms with Crippen LogP contribution in [0.5, 0.6) is 0 Å². The second-order valence-corrected chi connectivity index (χ2v) is 6.59. The fourth-order valence-electron chi connectivity index (χ4n) is 3.33. The van der Waals surface area contributed by atoms with E-state index in [-0.39, 0.29) is 11.8 Å². The SMILES string of the molecule is CCC(C(=O)Nc1ccc(-c2cc3ccccc3o2)cc1)c1ccccc1. The minimum atomic E-state index is -0.152. The van der Waals surface area contributed by atoms with Gasteiger partial charge in [0.15, 0.2) is 0 Å². The topological polar surface area (TPSA) is 42.2 Å². The zero-order valence-corrected chi connectivity index (χ0v) is 15.2. The molecule has 134 valence electrons. The van der Waals surface area contributed by atoms with Gasteiger partial charge in [0, 0.05) is 16.6 Å². The first kappa shape index (κ1) is 17.1. The molecule has 0 saturated heterocycles. The van der Waals surface area contributed by atoms with E-state index in [9.17, 15) is 4.79 Å². The van der Waals surface area contributed by atoms with Crippen molar-refractivity contribution in [2.45, 2.75) is 19.3 Å². The number of anilines is 1. The van der Waals surface area contributed by atoms with Crippen molar-refractivity contribution >= 4 is 22.6 Å². The highest BCUT2D eigenvalue weighted by molar-refractivity contribution is 5.96. The van der Waals surface area contributed by atoms with Gasteiger partial charge in [-0.3, -0.25) is 4.79 Å². The molecule has 0 radical (unpaired) electrons. The Bertz CT molecular complexity index is 1020. The highest BCUT2D eigenvalue weighted by Crippen LogP contribution is 2.29. The van der Waals surface area contributed by atoms with E-state index in [1.165, 1.54) is 0 Å². The lowest BCUT2D eigenvalue weighted by Crippen LogP contribution is -2.20. The number of carbonyl (C=O) groups is 1. The molecule has 27 heavy (non-hydrogen) atoms. The Kier molecular flexibility index (Phi) is 4.75. The molecule has 1 amide bonds. The number of amides is 1. The van der Waals surface area contributed by atoms with Gasteiger partial charge in [0.1, 0.15) is 11.3 Å². The number of hydrogen-bond donors (Lipinski definition) is 1. The Labute approximate surface area is 158 Å². The van der Waals surface area contributed by atoms with Crippen LogP contribution in [0.3, 0.4) is 0 Å². The summed E-state index contributed by atoms with van der Waals surface area (Å²) in [7, 11) is 0. The Morgan fingerprint density at radius 2 is 1.63 bits per heavy atom. The summed E-state index contributed by atoms with van der Waals surface area (Å²) in [6.45, 7) is 2.03. The molecule has 1 unspecified atom stereocenters. The van der Waals surface area contributed by atoms with Crippen LogP contribution in [0.4, 0.5) is 5.69 Å². The molecule has 1 N–H and O–H groups in total. The Hall–Kier alpha value is -3.33. The molecule has 1 heterocycles. The second kappa shape index (κ2) is 7.50. The van der Waals surface area contributed by atoms with E-state index in [1.807, 2.05) is 91.9 Å². The largest absolute Gasteiger partial charge is 0.456 e. The summed E-state index contributed by atoms with van der Waals surface area (Å²) >= 11 is 0. The number of hydrogen-bond acceptors (Lipinski definition) is 2. The average molecular weight is 355 g/mol. The zero-order chi connectivity index (χ0) is 18.6. The maximum atomic E-state index is 12.7. The van der Waals surface area contributed by atoms with Crippen LogP contribution in [0.2, 0.25) is 0 Å². The molecule has 4 aromatic rings. The van der Waals surface area contributed by atoms with Crippen molar-refractivity contribution in [3.63, 3.8) is 0 Å². The summed E-state index contributed by atoms with van der Waals surface area (Å²) in [5, 5.41) is 4.11. The molecule has 3 aromatic carbocycles. The lowest BCUT2D eigenvalue weighted by Gasteiger charge is -2.15. The first-order chi connectivity index (χ1) is 13.2. The number of rotatable bonds is 5. The van der Waals surface area contributed by atoms with Crippen molar-refractivity contribution < 1.29 is 9.21 Å². The van der Waals surface area contributed by atoms with Gasteiger partial charge in [0.05, 0.1) is 5.92 Å². The molecule has 0 aliphatic heterocycles. The molecule has 0 aliphatic carbocycles. The molecular formula is C24H21NO2. The summed E-state index contributed by atoms with van der Waals surface area (Å²) in [4.78, 5) is 12.7. The number of fused-ring (bicyclic) bond motifs is 1. The van der Waals surface area contributed by atoms with Crippen LogP contribution in [0.15, 0.2) is 89.3 Å². The smallest absolute Gasteiger partial charge is 0.231 e.